The Morgan fingerprint density at radius 2 is 2.24 bits per heavy atom. The maximum atomic E-state index is 10.8. The molecule has 2 aliphatic rings. The van der Waals surface area contributed by atoms with Gasteiger partial charge in [0, 0.05) is 7.05 Å². The molecule has 17 heavy (non-hydrogen) atoms. The molecule has 3 rings (SSSR count). The van der Waals surface area contributed by atoms with E-state index in [4.69, 9.17) is 0 Å². The maximum absolute atomic E-state index is 10.8. The first kappa shape index (κ1) is 10.5. The van der Waals surface area contributed by atoms with Crippen LogP contribution in [0.15, 0.2) is 6.33 Å². The first-order valence-corrected chi connectivity index (χ1v) is 5.64. The Morgan fingerprint density at radius 3 is 2.76 bits per heavy atom. The predicted molar refractivity (Wildman–Crippen MR) is 59.7 cm³/mol. The van der Waals surface area contributed by atoms with Crippen molar-refractivity contribution in [1.82, 2.24) is 9.55 Å². The van der Waals surface area contributed by atoms with Gasteiger partial charge in [0.05, 0.1) is 13.1 Å². The van der Waals surface area contributed by atoms with Crippen molar-refractivity contribution in [1.29, 1.82) is 0 Å². The number of imidazole rings is 1. The molecule has 1 saturated heterocycles. The first-order valence-electron chi connectivity index (χ1n) is 5.64. The van der Waals surface area contributed by atoms with E-state index >= 15 is 0 Å². The quantitative estimate of drug-likeness (QED) is 0.604. The van der Waals surface area contributed by atoms with Crippen molar-refractivity contribution in [2.75, 3.05) is 18.0 Å². The molecule has 1 aromatic heterocycles. The summed E-state index contributed by atoms with van der Waals surface area (Å²) in [5.41, 5.74) is -0.641. The average Bonchev–Trinajstić information content (AvgIpc) is 2.98. The van der Waals surface area contributed by atoms with E-state index in [-0.39, 0.29) is 5.82 Å². The Bertz CT molecular complexity index is 474. The Morgan fingerprint density at radius 1 is 1.59 bits per heavy atom. The monoisotopic (exact) mass is 238 g/mol. The van der Waals surface area contributed by atoms with Gasteiger partial charge in [-0.2, -0.15) is 0 Å². The number of nitro groups is 1. The summed E-state index contributed by atoms with van der Waals surface area (Å²) in [6, 6.07) is 0. The average molecular weight is 238 g/mol. The van der Waals surface area contributed by atoms with Crippen LogP contribution in [-0.2, 0) is 7.05 Å². The Kier molecular flexibility index (Phi) is 1.97. The minimum absolute atomic E-state index is 0.134. The van der Waals surface area contributed by atoms with E-state index in [2.05, 4.69) is 4.98 Å². The van der Waals surface area contributed by atoms with Crippen LogP contribution < -0.4 is 4.90 Å². The van der Waals surface area contributed by atoms with Gasteiger partial charge in [0.1, 0.15) is 5.60 Å². The highest BCUT2D eigenvalue weighted by atomic mass is 16.6. The zero-order valence-electron chi connectivity index (χ0n) is 9.54. The highest BCUT2D eigenvalue weighted by Gasteiger charge is 2.53. The molecule has 1 N–H and O–H groups in total. The van der Waals surface area contributed by atoms with Gasteiger partial charge in [-0.15, -0.1) is 0 Å². The smallest absolute Gasteiger partial charge is 0.386 e. The molecule has 92 valence electrons. The predicted octanol–water partition coefficient (Wildman–Crippen LogP) is 0.289. The summed E-state index contributed by atoms with van der Waals surface area (Å²) in [5.74, 6) is 0.733. The van der Waals surface area contributed by atoms with Crippen LogP contribution in [0.2, 0.25) is 0 Å². The standard InChI is InChI=1S/C10H14N4O3/c1-12-6-11-8(14(16)17)9(12)13-4-10(15,5-13)7-2-3-7/h6-7,15H,2-5H2,1H3. The van der Waals surface area contributed by atoms with Crippen LogP contribution in [0, 0.1) is 16.0 Å². The molecule has 1 aliphatic heterocycles. The number of β-amino-alcohol motifs (C(OH)–C–C–N with tert-alkyl or cyclic N) is 1. The van der Waals surface area contributed by atoms with E-state index in [9.17, 15) is 15.2 Å². The fourth-order valence-electron chi connectivity index (χ4n) is 2.55. The molecular weight excluding hydrogens is 224 g/mol. The number of rotatable bonds is 3. The van der Waals surface area contributed by atoms with Crippen molar-refractivity contribution in [3.63, 3.8) is 0 Å². The normalized spacial score (nSPS) is 22.4. The zero-order valence-corrected chi connectivity index (χ0v) is 9.54. The van der Waals surface area contributed by atoms with E-state index in [1.807, 2.05) is 4.90 Å². The molecule has 0 bridgehead atoms. The third kappa shape index (κ3) is 1.49. The number of hydrogen-bond acceptors (Lipinski definition) is 5. The van der Waals surface area contributed by atoms with Gasteiger partial charge in [0.15, 0.2) is 0 Å². The van der Waals surface area contributed by atoms with Gasteiger partial charge < -0.3 is 20.1 Å². The molecule has 7 nitrogen and oxygen atoms in total. The second-order valence-corrected chi connectivity index (χ2v) is 4.99. The lowest BCUT2D eigenvalue weighted by Gasteiger charge is -2.47. The van der Waals surface area contributed by atoms with E-state index < -0.39 is 10.5 Å². The SMILES string of the molecule is Cn1cnc([N+](=O)[O-])c1N1CC(O)(C2CC2)C1. The van der Waals surface area contributed by atoms with Crippen LogP contribution in [0.4, 0.5) is 11.6 Å². The number of aliphatic hydroxyl groups is 1. The molecule has 7 heteroatoms. The van der Waals surface area contributed by atoms with Crippen molar-refractivity contribution in [2.24, 2.45) is 13.0 Å². The Balaban J connectivity index is 1.82. The van der Waals surface area contributed by atoms with Crippen molar-refractivity contribution in [3.8, 4) is 0 Å². The number of aryl methyl sites for hydroxylation is 1. The summed E-state index contributed by atoms with van der Waals surface area (Å²) in [4.78, 5) is 15.9. The lowest BCUT2D eigenvalue weighted by molar-refractivity contribution is -0.388. The number of anilines is 1. The summed E-state index contributed by atoms with van der Waals surface area (Å²) in [6.07, 6.45) is 3.57. The number of nitrogens with zero attached hydrogens (tertiary/aromatic N) is 4. The first-order chi connectivity index (χ1) is 8.01. The minimum atomic E-state index is -0.641. The Labute approximate surface area is 97.8 Å². The minimum Gasteiger partial charge on any atom is -0.386 e. The lowest BCUT2D eigenvalue weighted by Crippen LogP contribution is -2.63. The molecule has 0 radical (unpaired) electrons. The molecule has 0 aromatic carbocycles. The molecule has 1 aromatic rings. The van der Waals surface area contributed by atoms with E-state index in [0.29, 0.717) is 24.8 Å². The van der Waals surface area contributed by atoms with E-state index in [1.165, 1.54) is 6.33 Å². The molecular formula is C10H14N4O3. The summed E-state index contributed by atoms with van der Waals surface area (Å²) < 4.78 is 1.63. The molecule has 1 aliphatic carbocycles. The van der Waals surface area contributed by atoms with Crippen LogP contribution in [0.25, 0.3) is 0 Å². The summed E-state index contributed by atoms with van der Waals surface area (Å²) in [6.45, 7) is 0.941. The van der Waals surface area contributed by atoms with Gasteiger partial charge in [0.25, 0.3) is 0 Å². The van der Waals surface area contributed by atoms with Crippen LogP contribution in [0.3, 0.4) is 0 Å². The molecule has 0 amide bonds. The third-order valence-electron chi connectivity index (χ3n) is 3.63. The third-order valence-corrected chi connectivity index (χ3v) is 3.63. The van der Waals surface area contributed by atoms with Crippen molar-refractivity contribution in [2.45, 2.75) is 18.4 Å². The second-order valence-electron chi connectivity index (χ2n) is 4.99. The lowest BCUT2D eigenvalue weighted by atomic mass is 9.89. The second kappa shape index (κ2) is 3.19. The number of aromatic nitrogens is 2. The van der Waals surface area contributed by atoms with Gasteiger partial charge in [-0.3, -0.25) is 4.57 Å². The molecule has 2 heterocycles. The summed E-state index contributed by atoms with van der Waals surface area (Å²) in [7, 11) is 1.73. The summed E-state index contributed by atoms with van der Waals surface area (Å²) in [5, 5.41) is 21.0. The Hall–Kier alpha value is -1.63. The molecule has 1 saturated carbocycles. The van der Waals surface area contributed by atoms with Gasteiger partial charge in [-0.1, -0.05) is 0 Å². The largest absolute Gasteiger partial charge is 0.406 e. The number of hydrogen-bond donors (Lipinski definition) is 1. The van der Waals surface area contributed by atoms with Gasteiger partial charge in [-0.05, 0) is 28.7 Å². The van der Waals surface area contributed by atoms with E-state index in [1.54, 1.807) is 11.6 Å². The van der Waals surface area contributed by atoms with Crippen molar-refractivity contribution >= 4 is 11.6 Å². The molecule has 0 spiro atoms. The van der Waals surface area contributed by atoms with Crippen LogP contribution in [0.1, 0.15) is 12.8 Å². The highest BCUT2D eigenvalue weighted by Crippen LogP contribution is 2.46. The van der Waals surface area contributed by atoms with Crippen LogP contribution in [0.5, 0.6) is 0 Å². The molecule has 2 fully saturated rings. The van der Waals surface area contributed by atoms with Crippen molar-refractivity contribution < 1.29 is 10.0 Å². The van der Waals surface area contributed by atoms with Gasteiger partial charge in [0.2, 0.25) is 12.1 Å². The maximum Gasteiger partial charge on any atom is 0.406 e. The fourth-order valence-corrected chi connectivity index (χ4v) is 2.55. The van der Waals surface area contributed by atoms with Crippen molar-refractivity contribution in [3.05, 3.63) is 16.4 Å². The highest BCUT2D eigenvalue weighted by molar-refractivity contribution is 5.57. The van der Waals surface area contributed by atoms with Gasteiger partial charge in [-0.25, -0.2) is 0 Å². The van der Waals surface area contributed by atoms with E-state index in [0.717, 1.165) is 12.8 Å². The summed E-state index contributed by atoms with van der Waals surface area (Å²) >= 11 is 0. The molecule has 0 unspecified atom stereocenters. The molecule has 0 atom stereocenters. The van der Waals surface area contributed by atoms with Crippen LogP contribution in [-0.4, -0.2) is 38.3 Å². The van der Waals surface area contributed by atoms with Gasteiger partial charge >= 0.3 is 5.82 Å². The fraction of sp³-hybridized carbons (Fsp3) is 0.700. The zero-order chi connectivity index (χ0) is 12.2. The van der Waals surface area contributed by atoms with Crippen LogP contribution >= 0.6 is 0 Å². The topological polar surface area (TPSA) is 84.4 Å².